The second kappa shape index (κ2) is 4.92. The minimum atomic E-state index is -4.42. The minimum absolute atomic E-state index is 0.195. The fourth-order valence-electron chi connectivity index (χ4n) is 2.21. The summed E-state index contributed by atoms with van der Waals surface area (Å²) in [5.41, 5.74) is -0.0500. The van der Waals surface area contributed by atoms with Crippen LogP contribution in [0.4, 0.5) is 13.2 Å². The SMILES string of the molecule is OCc1nc2cc(C(F)(F)F)ccc2n1Cc1ccco1. The van der Waals surface area contributed by atoms with E-state index in [-0.39, 0.29) is 12.1 Å². The van der Waals surface area contributed by atoms with E-state index in [0.29, 0.717) is 23.6 Å². The lowest BCUT2D eigenvalue weighted by Gasteiger charge is -2.07. The molecule has 3 rings (SSSR count). The fraction of sp³-hybridized carbons (Fsp3) is 0.214. The van der Waals surface area contributed by atoms with Crippen LogP contribution in [0.1, 0.15) is 17.1 Å². The molecule has 0 aliphatic carbocycles. The molecule has 0 atom stereocenters. The summed E-state index contributed by atoms with van der Waals surface area (Å²) in [6.07, 6.45) is -2.91. The predicted octanol–water partition coefficient (Wildman–Crippen LogP) is 3.19. The van der Waals surface area contributed by atoms with Crippen LogP contribution >= 0.6 is 0 Å². The summed E-state index contributed by atoms with van der Waals surface area (Å²) < 4.78 is 45.0. The highest BCUT2D eigenvalue weighted by Crippen LogP contribution is 2.31. The summed E-state index contributed by atoms with van der Waals surface area (Å²) >= 11 is 0. The molecule has 0 bridgehead atoms. The van der Waals surface area contributed by atoms with E-state index in [1.165, 1.54) is 12.3 Å². The number of rotatable bonds is 3. The van der Waals surface area contributed by atoms with E-state index >= 15 is 0 Å². The van der Waals surface area contributed by atoms with Crippen molar-refractivity contribution in [1.29, 1.82) is 0 Å². The van der Waals surface area contributed by atoms with Gasteiger partial charge in [0, 0.05) is 0 Å². The first-order valence-corrected chi connectivity index (χ1v) is 6.18. The summed E-state index contributed by atoms with van der Waals surface area (Å²) in [6, 6.07) is 6.80. The minimum Gasteiger partial charge on any atom is -0.467 e. The van der Waals surface area contributed by atoms with Gasteiger partial charge in [-0.05, 0) is 30.3 Å². The molecule has 0 aliphatic rings. The first kappa shape index (κ1) is 13.7. The average Bonchev–Trinajstić information content (AvgIpc) is 3.05. The van der Waals surface area contributed by atoms with E-state index in [1.54, 1.807) is 16.7 Å². The number of alkyl halides is 3. The summed E-state index contributed by atoms with van der Waals surface area (Å²) in [7, 11) is 0. The Hall–Kier alpha value is -2.28. The number of nitrogens with zero attached hydrogens (tertiary/aromatic N) is 2. The summed E-state index contributed by atoms with van der Waals surface area (Å²) in [5, 5.41) is 9.34. The molecule has 7 heteroatoms. The molecule has 0 radical (unpaired) electrons. The number of aliphatic hydroxyl groups is 1. The van der Waals surface area contributed by atoms with Gasteiger partial charge in [0.05, 0.1) is 29.4 Å². The van der Waals surface area contributed by atoms with E-state index in [9.17, 15) is 18.3 Å². The molecule has 0 spiro atoms. The van der Waals surface area contributed by atoms with Crippen molar-refractivity contribution < 1.29 is 22.7 Å². The highest BCUT2D eigenvalue weighted by molar-refractivity contribution is 5.77. The van der Waals surface area contributed by atoms with Gasteiger partial charge in [-0.1, -0.05) is 0 Å². The Bertz CT molecular complexity index is 760. The van der Waals surface area contributed by atoms with Gasteiger partial charge in [-0.15, -0.1) is 0 Å². The quantitative estimate of drug-likeness (QED) is 0.807. The molecule has 2 aromatic heterocycles. The Morgan fingerprint density at radius 1 is 1.24 bits per heavy atom. The lowest BCUT2D eigenvalue weighted by molar-refractivity contribution is -0.137. The van der Waals surface area contributed by atoms with Crippen LogP contribution in [0.15, 0.2) is 41.0 Å². The van der Waals surface area contributed by atoms with Crippen molar-refractivity contribution in [3.8, 4) is 0 Å². The van der Waals surface area contributed by atoms with Crippen LogP contribution in [0.3, 0.4) is 0 Å². The number of fused-ring (bicyclic) bond motifs is 1. The molecular weight excluding hydrogens is 285 g/mol. The lowest BCUT2D eigenvalue weighted by atomic mass is 10.2. The standard InChI is InChI=1S/C14H11F3N2O2/c15-14(16,17)9-3-4-12-11(6-9)18-13(8-20)19(12)7-10-2-1-5-21-10/h1-6,20H,7-8H2. The Labute approximate surface area is 117 Å². The van der Waals surface area contributed by atoms with Gasteiger partial charge in [0.2, 0.25) is 0 Å². The molecule has 4 nitrogen and oxygen atoms in total. The van der Waals surface area contributed by atoms with Gasteiger partial charge in [-0.2, -0.15) is 13.2 Å². The third-order valence-electron chi connectivity index (χ3n) is 3.19. The first-order chi connectivity index (χ1) is 9.99. The molecule has 0 saturated heterocycles. The number of halogens is 3. The number of furan rings is 1. The van der Waals surface area contributed by atoms with E-state index in [2.05, 4.69) is 4.98 Å². The first-order valence-electron chi connectivity index (χ1n) is 6.18. The van der Waals surface area contributed by atoms with Crippen LogP contribution in [0.5, 0.6) is 0 Å². The van der Waals surface area contributed by atoms with Crippen LogP contribution in [0.25, 0.3) is 11.0 Å². The maximum absolute atomic E-state index is 12.7. The van der Waals surface area contributed by atoms with E-state index < -0.39 is 11.7 Å². The van der Waals surface area contributed by atoms with Crippen molar-refractivity contribution >= 4 is 11.0 Å². The number of aromatic nitrogens is 2. The van der Waals surface area contributed by atoms with E-state index in [1.807, 2.05) is 0 Å². The molecular formula is C14H11F3N2O2. The molecule has 0 saturated carbocycles. The molecule has 21 heavy (non-hydrogen) atoms. The zero-order valence-corrected chi connectivity index (χ0v) is 10.8. The number of imidazole rings is 1. The van der Waals surface area contributed by atoms with Gasteiger partial charge in [0.1, 0.15) is 18.2 Å². The van der Waals surface area contributed by atoms with Crippen LogP contribution in [0, 0.1) is 0 Å². The van der Waals surface area contributed by atoms with Crippen molar-refractivity contribution in [2.75, 3.05) is 0 Å². The van der Waals surface area contributed by atoms with Crippen molar-refractivity contribution in [2.24, 2.45) is 0 Å². The van der Waals surface area contributed by atoms with Gasteiger partial charge in [-0.25, -0.2) is 4.98 Å². The van der Waals surface area contributed by atoms with Crippen molar-refractivity contribution in [2.45, 2.75) is 19.3 Å². The lowest BCUT2D eigenvalue weighted by Crippen LogP contribution is -2.05. The molecule has 1 aromatic carbocycles. The fourth-order valence-corrected chi connectivity index (χ4v) is 2.21. The Balaban J connectivity index is 2.10. The normalized spacial score (nSPS) is 12.2. The van der Waals surface area contributed by atoms with Gasteiger partial charge >= 0.3 is 6.18 Å². The van der Waals surface area contributed by atoms with Gasteiger partial charge in [-0.3, -0.25) is 0 Å². The van der Waals surface area contributed by atoms with Crippen LogP contribution in [-0.2, 0) is 19.3 Å². The predicted molar refractivity (Wildman–Crippen MR) is 68.5 cm³/mol. The van der Waals surface area contributed by atoms with Gasteiger partial charge < -0.3 is 14.1 Å². The summed E-state index contributed by atoms with van der Waals surface area (Å²) in [4.78, 5) is 4.06. The second-order valence-corrected chi connectivity index (χ2v) is 4.55. The van der Waals surface area contributed by atoms with Crippen LogP contribution in [-0.4, -0.2) is 14.7 Å². The molecule has 0 unspecified atom stereocenters. The maximum atomic E-state index is 12.7. The van der Waals surface area contributed by atoms with Gasteiger partial charge in [0.25, 0.3) is 0 Å². The average molecular weight is 296 g/mol. The molecule has 1 N–H and O–H groups in total. The van der Waals surface area contributed by atoms with Crippen LogP contribution < -0.4 is 0 Å². The van der Waals surface area contributed by atoms with Gasteiger partial charge in [0.15, 0.2) is 0 Å². The molecule has 0 amide bonds. The Kier molecular flexibility index (Phi) is 3.21. The second-order valence-electron chi connectivity index (χ2n) is 4.55. The third-order valence-corrected chi connectivity index (χ3v) is 3.19. The van der Waals surface area contributed by atoms with Crippen LogP contribution in [0.2, 0.25) is 0 Å². The number of hydrogen-bond acceptors (Lipinski definition) is 3. The molecule has 2 heterocycles. The van der Waals surface area contributed by atoms with Crippen molar-refractivity contribution in [3.05, 3.63) is 53.7 Å². The van der Waals surface area contributed by atoms with Crippen molar-refractivity contribution in [1.82, 2.24) is 9.55 Å². The zero-order chi connectivity index (χ0) is 15.0. The monoisotopic (exact) mass is 296 g/mol. The summed E-state index contributed by atoms with van der Waals surface area (Å²) in [5.74, 6) is 0.921. The smallest absolute Gasteiger partial charge is 0.416 e. The summed E-state index contributed by atoms with van der Waals surface area (Å²) in [6.45, 7) is -0.0680. The third kappa shape index (κ3) is 2.52. The molecule has 110 valence electrons. The molecule has 3 aromatic rings. The number of aliphatic hydroxyl groups excluding tert-OH is 1. The zero-order valence-electron chi connectivity index (χ0n) is 10.8. The number of benzene rings is 1. The Morgan fingerprint density at radius 2 is 2.05 bits per heavy atom. The number of hydrogen-bond donors (Lipinski definition) is 1. The van der Waals surface area contributed by atoms with E-state index in [4.69, 9.17) is 4.42 Å². The van der Waals surface area contributed by atoms with Crippen molar-refractivity contribution in [3.63, 3.8) is 0 Å². The van der Waals surface area contributed by atoms with E-state index in [0.717, 1.165) is 12.1 Å². The molecule has 0 aliphatic heterocycles. The molecule has 0 fully saturated rings. The highest BCUT2D eigenvalue weighted by atomic mass is 19.4. The highest BCUT2D eigenvalue weighted by Gasteiger charge is 2.31. The largest absolute Gasteiger partial charge is 0.467 e. The maximum Gasteiger partial charge on any atom is 0.416 e. The topological polar surface area (TPSA) is 51.2 Å². The Morgan fingerprint density at radius 3 is 2.67 bits per heavy atom.